The zero-order valence-electron chi connectivity index (χ0n) is 16.3. The SMILES string of the molecule is O=C(Cc1ccc(-c2nn[nH]n2)cc1)c1ccc(SCc2ccccc2B(O)O)nc1. The van der Waals surface area contributed by atoms with Crippen LogP contribution in [0.1, 0.15) is 21.5 Å². The molecule has 0 unspecified atom stereocenters. The Kier molecular flexibility index (Phi) is 6.51. The van der Waals surface area contributed by atoms with E-state index < -0.39 is 7.12 Å². The number of thioether (sulfide) groups is 1. The second-order valence-corrected chi connectivity index (χ2v) is 7.77. The first kappa shape index (κ1) is 20.9. The molecule has 0 aliphatic carbocycles. The number of hydrogen-bond acceptors (Lipinski definition) is 8. The number of tetrazole rings is 1. The number of aromatic nitrogens is 5. The van der Waals surface area contributed by atoms with Crippen molar-refractivity contribution in [2.75, 3.05) is 0 Å². The summed E-state index contributed by atoms with van der Waals surface area (Å²) in [5.74, 6) is 1.03. The molecule has 2 aromatic heterocycles. The third-order valence-electron chi connectivity index (χ3n) is 4.69. The Bertz CT molecular complexity index is 1150. The van der Waals surface area contributed by atoms with Gasteiger partial charge in [0.25, 0.3) is 0 Å². The minimum absolute atomic E-state index is 0.0230. The molecule has 31 heavy (non-hydrogen) atoms. The third kappa shape index (κ3) is 5.24. The third-order valence-corrected chi connectivity index (χ3v) is 5.68. The van der Waals surface area contributed by atoms with Gasteiger partial charge in [0.2, 0.25) is 5.82 Å². The van der Waals surface area contributed by atoms with Crippen LogP contribution in [-0.4, -0.2) is 48.6 Å². The Balaban J connectivity index is 1.36. The fourth-order valence-corrected chi connectivity index (χ4v) is 3.90. The van der Waals surface area contributed by atoms with Crippen LogP contribution in [0.2, 0.25) is 0 Å². The molecule has 0 aliphatic heterocycles. The molecule has 0 saturated carbocycles. The van der Waals surface area contributed by atoms with Crippen LogP contribution >= 0.6 is 11.8 Å². The first-order valence-corrected chi connectivity index (χ1v) is 10.5. The van der Waals surface area contributed by atoms with E-state index >= 15 is 0 Å². The molecule has 0 saturated heterocycles. The van der Waals surface area contributed by atoms with Gasteiger partial charge < -0.3 is 10.0 Å². The van der Waals surface area contributed by atoms with Crippen molar-refractivity contribution in [3.63, 3.8) is 0 Å². The molecule has 0 fully saturated rings. The molecule has 2 heterocycles. The second kappa shape index (κ2) is 9.65. The molecule has 0 aliphatic rings. The van der Waals surface area contributed by atoms with Crippen LogP contribution < -0.4 is 5.46 Å². The first-order chi connectivity index (χ1) is 15.1. The van der Waals surface area contributed by atoms with Crippen LogP contribution in [0.25, 0.3) is 11.4 Å². The molecule has 0 amide bonds. The van der Waals surface area contributed by atoms with Crippen LogP contribution in [0, 0.1) is 0 Å². The Hall–Kier alpha value is -3.34. The van der Waals surface area contributed by atoms with Gasteiger partial charge in [-0.25, -0.2) is 4.98 Å². The summed E-state index contributed by atoms with van der Waals surface area (Å²) in [6.07, 6.45) is 1.84. The minimum Gasteiger partial charge on any atom is -0.423 e. The summed E-state index contributed by atoms with van der Waals surface area (Å²) >= 11 is 1.47. The fourth-order valence-electron chi connectivity index (χ4n) is 3.04. The monoisotopic (exact) mass is 431 g/mol. The summed E-state index contributed by atoms with van der Waals surface area (Å²) in [5, 5.41) is 33.5. The summed E-state index contributed by atoms with van der Waals surface area (Å²) in [6, 6.07) is 18.2. The maximum atomic E-state index is 12.6. The molecule has 4 aromatic rings. The molecule has 2 aromatic carbocycles. The van der Waals surface area contributed by atoms with Crippen molar-refractivity contribution < 1.29 is 14.8 Å². The van der Waals surface area contributed by atoms with Gasteiger partial charge in [-0.2, -0.15) is 5.21 Å². The number of nitrogens with zero attached hydrogens (tertiary/aromatic N) is 4. The average Bonchev–Trinajstić information content (AvgIpc) is 3.33. The standard InChI is InChI=1S/C21H18BN5O3S/c28-19(11-14-5-7-15(8-6-14)21-24-26-27-25-21)16-9-10-20(23-12-16)31-13-17-3-1-2-4-18(17)22(29)30/h1-10,12,29-30H,11,13H2,(H,24,25,26,27). The molecule has 154 valence electrons. The molecule has 0 atom stereocenters. The van der Waals surface area contributed by atoms with Gasteiger partial charge in [0.15, 0.2) is 5.78 Å². The number of nitrogens with one attached hydrogen (secondary N) is 1. The summed E-state index contributed by atoms with van der Waals surface area (Å²) in [7, 11) is -1.51. The van der Waals surface area contributed by atoms with Gasteiger partial charge in [0, 0.05) is 29.5 Å². The van der Waals surface area contributed by atoms with E-state index in [0.717, 1.165) is 21.7 Å². The van der Waals surface area contributed by atoms with Gasteiger partial charge >= 0.3 is 7.12 Å². The Morgan fingerprint density at radius 1 is 1.03 bits per heavy atom. The maximum absolute atomic E-state index is 12.6. The predicted molar refractivity (Wildman–Crippen MR) is 118 cm³/mol. The van der Waals surface area contributed by atoms with Crippen molar-refractivity contribution in [3.8, 4) is 11.4 Å². The van der Waals surface area contributed by atoms with E-state index in [0.29, 0.717) is 22.6 Å². The van der Waals surface area contributed by atoms with Gasteiger partial charge in [-0.1, -0.05) is 48.5 Å². The largest absolute Gasteiger partial charge is 0.488 e. The quantitative estimate of drug-likeness (QED) is 0.219. The molecule has 8 nitrogen and oxygen atoms in total. The van der Waals surface area contributed by atoms with E-state index in [-0.39, 0.29) is 12.2 Å². The summed E-state index contributed by atoms with van der Waals surface area (Å²) in [6.45, 7) is 0. The van der Waals surface area contributed by atoms with E-state index in [2.05, 4.69) is 25.6 Å². The number of hydrogen-bond donors (Lipinski definition) is 3. The highest BCUT2D eigenvalue weighted by Gasteiger charge is 2.15. The van der Waals surface area contributed by atoms with Crippen molar-refractivity contribution in [1.82, 2.24) is 25.6 Å². The van der Waals surface area contributed by atoms with Crippen LogP contribution in [0.15, 0.2) is 71.9 Å². The molecule has 0 spiro atoms. The number of carbonyl (C=O) groups excluding carboxylic acids is 1. The van der Waals surface area contributed by atoms with Gasteiger partial charge in [-0.05, 0) is 33.9 Å². The van der Waals surface area contributed by atoms with Crippen LogP contribution in [-0.2, 0) is 12.2 Å². The predicted octanol–water partition coefficient (Wildman–Crippen LogP) is 1.66. The molecular formula is C21H18BN5O3S. The molecule has 3 N–H and O–H groups in total. The normalized spacial score (nSPS) is 10.8. The highest BCUT2D eigenvalue weighted by molar-refractivity contribution is 7.98. The minimum atomic E-state index is -1.51. The lowest BCUT2D eigenvalue weighted by atomic mass is 9.77. The lowest BCUT2D eigenvalue weighted by Crippen LogP contribution is -2.32. The van der Waals surface area contributed by atoms with Gasteiger partial charge in [-0.3, -0.25) is 4.79 Å². The lowest BCUT2D eigenvalue weighted by Gasteiger charge is -2.08. The molecule has 0 radical (unpaired) electrons. The van der Waals surface area contributed by atoms with Crippen molar-refractivity contribution >= 4 is 30.1 Å². The van der Waals surface area contributed by atoms with Crippen molar-refractivity contribution in [2.45, 2.75) is 17.2 Å². The van der Waals surface area contributed by atoms with Gasteiger partial charge in [0.1, 0.15) is 0 Å². The number of carbonyl (C=O) groups is 1. The zero-order chi connectivity index (χ0) is 21.6. The Labute approximate surface area is 182 Å². The Morgan fingerprint density at radius 3 is 2.52 bits per heavy atom. The topological polar surface area (TPSA) is 125 Å². The molecule has 10 heteroatoms. The molecule has 4 rings (SSSR count). The van der Waals surface area contributed by atoms with E-state index in [1.54, 1.807) is 30.5 Å². The van der Waals surface area contributed by atoms with E-state index in [1.165, 1.54) is 11.8 Å². The second-order valence-electron chi connectivity index (χ2n) is 6.78. The molecule has 0 bridgehead atoms. The highest BCUT2D eigenvalue weighted by Crippen LogP contribution is 2.21. The number of benzene rings is 2. The van der Waals surface area contributed by atoms with E-state index in [9.17, 15) is 14.8 Å². The number of Topliss-reactive ketones (excluding diaryl/α,β-unsaturated/α-hetero) is 1. The lowest BCUT2D eigenvalue weighted by molar-refractivity contribution is 0.0992. The van der Waals surface area contributed by atoms with Crippen molar-refractivity contribution in [3.05, 3.63) is 83.6 Å². The number of aromatic amines is 1. The van der Waals surface area contributed by atoms with Gasteiger partial charge in [0.05, 0.1) is 5.03 Å². The summed E-state index contributed by atoms with van der Waals surface area (Å²) < 4.78 is 0. The zero-order valence-corrected chi connectivity index (χ0v) is 17.2. The smallest absolute Gasteiger partial charge is 0.423 e. The average molecular weight is 431 g/mol. The number of H-pyrrole nitrogens is 1. The highest BCUT2D eigenvalue weighted by atomic mass is 32.2. The summed E-state index contributed by atoms with van der Waals surface area (Å²) in [4.78, 5) is 17.0. The summed E-state index contributed by atoms with van der Waals surface area (Å²) in [5.41, 5.74) is 3.55. The molecular weight excluding hydrogens is 413 g/mol. The first-order valence-electron chi connectivity index (χ1n) is 9.49. The fraction of sp³-hybridized carbons (Fsp3) is 0.0952. The van der Waals surface area contributed by atoms with Crippen LogP contribution in [0.4, 0.5) is 0 Å². The van der Waals surface area contributed by atoms with E-state index in [1.807, 2.05) is 36.4 Å². The van der Waals surface area contributed by atoms with Crippen LogP contribution in [0.3, 0.4) is 0 Å². The Morgan fingerprint density at radius 2 is 1.84 bits per heavy atom. The van der Waals surface area contributed by atoms with Crippen molar-refractivity contribution in [1.29, 1.82) is 0 Å². The number of rotatable bonds is 8. The van der Waals surface area contributed by atoms with Crippen molar-refractivity contribution in [2.24, 2.45) is 0 Å². The van der Waals surface area contributed by atoms with Gasteiger partial charge in [-0.15, -0.1) is 22.0 Å². The number of ketones is 1. The van der Waals surface area contributed by atoms with Crippen LogP contribution in [0.5, 0.6) is 0 Å². The maximum Gasteiger partial charge on any atom is 0.488 e. The number of pyridine rings is 1. The van der Waals surface area contributed by atoms with E-state index in [4.69, 9.17) is 0 Å².